The summed E-state index contributed by atoms with van der Waals surface area (Å²) in [6.45, 7) is 8.23. The van der Waals surface area contributed by atoms with Gasteiger partial charge in [-0.2, -0.15) is 0 Å². The smallest absolute Gasteiger partial charge is 0.296 e. The third-order valence-electron chi connectivity index (χ3n) is 6.24. The SMILES string of the molecule is COc1ccccc1CN1C(=O)C(=O)/C(=C(/O)c2cc(C(C)(C)C)ccc2C)C1c1ccco1. The second kappa shape index (κ2) is 8.86. The van der Waals surface area contributed by atoms with Gasteiger partial charge in [-0.1, -0.05) is 51.1 Å². The third kappa shape index (κ3) is 4.12. The maximum absolute atomic E-state index is 13.3. The molecule has 1 aliphatic rings. The molecule has 2 aromatic carbocycles. The molecule has 2 heterocycles. The van der Waals surface area contributed by atoms with Gasteiger partial charge in [-0.25, -0.2) is 0 Å². The molecule has 1 N–H and O–H groups in total. The molecule has 1 unspecified atom stereocenters. The summed E-state index contributed by atoms with van der Waals surface area (Å²) in [5, 5.41) is 11.4. The largest absolute Gasteiger partial charge is 0.507 e. The second-order valence-electron chi connectivity index (χ2n) is 9.53. The first-order valence-electron chi connectivity index (χ1n) is 11.2. The summed E-state index contributed by atoms with van der Waals surface area (Å²) < 4.78 is 11.1. The molecule has 1 aromatic heterocycles. The van der Waals surface area contributed by atoms with Gasteiger partial charge in [0.05, 0.1) is 25.5 Å². The number of nitrogens with zero attached hydrogens (tertiary/aromatic N) is 1. The van der Waals surface area contributed by atoms with Crippen molar-refractivity contribution >= 4 is 17.4 Å². The van der Waals surface area contributed by atoms with Gasteiger partial charge in [-0.3, -0.25) is 9.59 Å². The lowest BCUT2D eigenvalue weighted by molar-refractivity contribution is -0.140. The fourth-order valence-corrected chi connectivity index (χ4v) is 4.29. The van der Waals surface area contributed by atoms with Crippen molar-refractivity contribution in [3.8, 4) is 5.75 Å². The number of likely N-dealkylation sites (tertiary alicyclic amines) is 1. The number of methoxy groups -OCH3 is 1. The lowest BCUT2D eigenvalue weighted by Crippen LogP contribution is -2.29. The molecule has 1 amide bonds. The summed E-state index contributed by atoms with van der Waals surface area (Å²) in [5.74, 6) is -0.629. The number of aliphatic hydroxyl groups is 1. The minimum absolute atomic E-state index is 0.0176. The summed E-state index contributed by atoms with van der Waals surface area (Å²) >= 11 is 0. The zero-order chi connectivity index (χ0) is 24.6. The predicted octanol–water partition coefficient (Wildman–Crippen LogP) is 5.52. The minimum Gasteiger partial charge on any atom is -0.507 e. The van der Waals surface area contributed by atoms with E-state index < -0.39 is 17.7 Å². The van der Waals surface area contributed by atoms with Crippen molar-refractivity contribution in [2.24, 2.45) is 0 Å². The molecule has 6 nitrogen and oxygen atoms in total. The standard InChI is InChI=1S/C28H29NO5/c1-17-12-13-19(28(2,3)4)15-20(17)25(30)23-24(22-11-8-14-34-22)29(27(32)26(23)31)16-18-9-6-7-10-21(18)33-5/h6-15,24,30H,16H2,1-5H3/b25-23+. The average molecular weight is 460 g/mol. The Labute approximate surface area is 199 Å². The lowest BCUT2D eigenvalue weighted by atomic mass is 9.84. The van der Waals surface area contributed by atoms with Gasteiger partial charge in [0.2, 0.25) is 0 Å². The first kappa shape index (κ1) is 23.4. The van der Waals surface area contributed by atoms with Gasteiger partial charge in [0.15, 0.2) is 0 Å². The van der Waals surface area contributed by atoms with E-state index in [0.29, 0.717) is 17.1 Å². The molecule has 1 aliphatic heterocycles. The highest BCUT2D eigenvalue weighted by Crippen LogP contribution is 2.42. The fourth-order valence-electron chi connectivity index (χ4n) is 4.29. The van der Waals surface area contributed by atoms with E-state index in [1.54, 1.807) is 25.3 Å². The number of carbonyl (C=O) groups excluding carboxylic acids is 2. The molecule has 6 heteroatoms. The van der Waals surface area contributed by atoms with Crippen LogP contribution in [0.25, 0.3) is 5.76 Å². The van der Waals surface area contributed by atoms with Gasteiger partial charge in [-0.05, 0) is 47.7 Å². The van der Waals surface area contributed by atoms with Gasteiger partial charge in [0.1, 0.15) is 23.3 Å². The number of ether oxygens (including phenoxy) is 1. The maximum Gasteiger partial charge on any atom is 0.296 e. The van der Waals surface area contributed by atoms with Crippen LogP contribution < -0.4 is 4.74 Å². The number of hydrogen-bond donors (Lipinski definition) is 1. The van der Waals surface area contributed by atoms with Gasteiger partial charge in [0, 0.05) is 11.1 Å². The average Bonchev–Trinajstić information content (AvgIpc) is 3.41. The number of benzene rings is 2. The lowest BCUT2D eigenvalue weighted by Gasteiger charge is -2.24. The monoisotopic (exact) mass is 459 g/mol. The molecule has 0 radical (unpaired) electrons. The molecule has 4 rings (SSSR count). The number of aliphatic hydroxyl groups excluding tert-OH is 1. The highest BCUT2D eigenvalue weighted by molar-refractivity contribution is 6.46. The van der Waals surface area contributed by atoms with Gasteiger partial charge in [-0.15, -0.1) is 0 Å². The topological polar surface area (TPSA) is 80.0 Å². The van der Waals surface area contributed by atoms with E-state index in [2.05, 4.69) is 20.8 Å². The van der Waals surface area contributed by atoms with E-state index in [4.69, 9.17) is 9.15 Å². The van der Waals surface area contributed by atoms with Crippen molar-refractivity contribution in [1.82, 2.24) is 4.90 Å². The Hall–Kier alpha value is -3.80. The van der Waals surface area contributed by atoms with Crippen LogP contribution in [0.3, 0.4) is 0 Å². The van der Waals surface area contributed by atoms with Gasteiger partial charge in [0.25, 0.3) is 11.7 Å². The molecule has 3 aromatic rings. The number of ketones is 1. The van der Waals surface area contributed by atoms with Crippen LogP contribution in [0, 0.1) is 6.92 Å². The molecule has 0 bridgehead atoms. The van der Waals surface area contributed by atoms with Crippen LogP contribution in [0.15, 0.2) is 70.9 Å². The molecular weight excluding hydrogens is 430 g/mol. The molecule has 34 heavy (non-hydrogen) atoms. The zero-order valence-electron chi connectivity index (χ0n) is 20.1. The Bertz CT molecular complexity index is 1260. The maximum atomic E-state index is 13.3. The first-order chi connectivity index (χ1) is 16.1. The number of carbonyl (C=O) groups is 2. The predicted molar refractivity (Wildman–Crippen MR) is 129 cm³/mol. The van der Waals surface area contributed by atoms with Crippen LogP contribution in [-0.2, 0) is 21.5 Å². The summed E-state index contributed by atoms with van der Waals surface area (Å²) in [7, 11) is 1.56. The van der Waals surface area contributed by atoms with E-state index in [9.17, 15) is 14.7 Å². The van der Waals surface area contributed by atoms with E-state index in [-0.39, 0.29) is 23.3 Å². The molecule has 1 fully saturated rings. The number of furan rings is 1. The Morgan fingerprint density at radius 3 is 2.47 bits per heavy atom. The van der Waals surface area contributed by atoms with E-state index in [0.717, 1.165) is 16.7 Å². The Kier molecular flexibility index (Phi) is 6.09. The number of para-hydroxylation sites is 1. The van der Waals surface area contributed by atoms with Crippen molar-refractivity contribution < 1.29 is 23.8 Å². The number of amides is 1. The number of rotatable bonds is 5. The van der Waals surface area contributed by atoms with E-state index >= 15 is 0 Å². The van der Waals surface area contributed by atoms with Crippen LogP contribution in [0.1, 0.15) is 54.8 Å². The van der Waals surface area contributed by atoms with Crippen LogP contribution >= 0.6 is 0 Å². The summed E-state index contributed by atoms with van der Waals surface area (Å²) in [6, 6.07) is 15.7. The third-order valence-corrected chi connectivity index (χ3v) is 6.24. The van der Waals surface area contributed by atoms with E-state index in [1.165, 1.54) is 11.2 Å². The summed E-state index contributed by atoms with van der Waals surface area (Å²) in [6.07, 6.45) is 1.49. The van der Waals surface area contributed by atoms with E-state index in [1.807, 2.05) is 43.3 Å². The molecule has 0 aliphatic carbocycles. The van der Waals surface area contributed by atoms with Crippen LogP contribution in [0.5, 0.6) is 5.75 Å². The van der Waals surface area contributed by atoms with Crippen molar-refractivity contribution in [2.45, 2.75) is 45.7 Å². The van der Waals surface area contributed by atoms with Crippen molar-refractivity contribution in [2.75, 3.05) is 7.11 Å². The van der Waals surface area contributed by atoms with Crippen molar-refractivity contribution in [3.05, 3.63) is 94.4 Å². The Morgan fingerprint density at radius 2 is 1.82 bits per heavy atom. The molecule has 1 atom stereocenters. The second-order valence-corrected chi connectivity index (χ2v) is 9.53. The van der Waals surface area contributed by atoms with Crippen LogP contribution in [0.2, 0.25) is 0 Å². The first-order valence-corrected chi connectivity index (χ1v) is 11.2. The Balaban J connectivity index is 1.88. The normalized spacial score (nSPS) is 17.9. The highest BCUT2D eigenvalue weighted by Gasteiger charge is 2.47. The van der Waals surface area contributed by atoms with Crippen LogP contribution in [0.4, 0.5) is 0 Å². The molecule has 176 valence electrons. The molecule has 0 saturated carbocycles. The van der Waals surface area contributed by atoms with Crippen molar-refractivity contribution in [1.29, 1.82) is 0 Å². The number of aryl methyl sites for hydroxylation is 1. The minimum atomic E-state index is -0.863. The highest BCUT2D eigenvalue weighted by atomic mass is 16.5. The summed E-state index contributed by atoms with van der Waals surface area (Å²) in [5.41, 5.74) is 2.95. The Morgan fingerprint density at radius 1 is 1.09 bits per heavy atom. The molecule has 1 saturated heterocycles. The van der Waals surface area contributed by atoms with Crippen LogP contribution in [-0.4, -0.2) is 28.8 Å². The van der Waals surface area contributed by atoms with Crippen molar-refractivity contribution in [3.63, 3.8) is 0 Å². The van der Waals surface area contributed by atoms with Gasteiger partial charge >= 0.3 is 0 Å². The fraction of sp³-hybridized carbons (Fsp3) is 0.286. The van der Waals surface area contributed by atoms with Gasteiger partial charge < -0.3 is 19.2 Å². The summed E-state index contributed by atoms with van der Waals surface area (Å²) in [4.78, 5) is 27.9. The molecular formula is C28H29NO5. The number of hydrogen-bond acceptors (Lipinski definition) is 5. The molecule has 0 spiro atoms. The zero-order valence-corrected chi connectivity index (χ0v) is 20.1. The quantitative estimate of drug-likeness (QED) is 0.309. The number of Topliss-reactive ketones (excluding diaryl/α,β-unsaturated/α-hetero) is 1.